The summed E-state index contributed by atoms with van der Waals surface area (Å²) in [6, 6.07) is 8.63. The number of fused-ring (bicyclic) bond motifs is 2. The van der Waals surface area contributed by atoms with Crippen molar-refractivity contribution in [2.45, 2.75) is 11.8 Å². The summed E-state index contributed by atoms with van der Waals surface area (Å²) in [5.74, 6) is -0.695. The van der Waals surface area contributed by atoms with Crippen LogP contribution in [-0.2, 0) is 14.8 Å². The maximum atomic E-state index is 14.5. The van der Waals surface area contributed by atoms with Gasteiger partial charge in [-0.1, -0.05) is 6.07 Å². The molecule has 1 N–H and O–H groups in total. The maximum Gasteiger partial charge on any atom is 0.349 e. The van der Waals surface area contributed by atoms with Crippen molar-refractivity contribution < 1.29 is 31.8 Å². The van der Waals surface area contributed by atoms with E-state index in [9.17, 15) is 17.6 Å². The highest BCUT2D eigenvalue weighted by atomic mass is 32.2. The van der Waals surface area contributed by atoms with E-state index in [0.29, 0.717) is 16.2 Å². The molecule has 1 aliphatic heterocycles. The summed E-state index contributed by atoms with van der Waals surface area (Å²) in [6.07, 6.45) is 0. The smallest absolute Gasteiger partial charge is 0.349 e. The number of sulfonamides is 1. The standard InChI is InChI=1S/C18H14FNO6S2/c1-2-24-18(21)16-17(15-11(19)4-3-5-14(15)27-16)28(22,23)20-10-6-7-12-13(8-10)26-9-25-12/h3-8,20H,2,9H2,1H3. The van der Waals surface area contributed by atoms with Crippen molar-refractivity contribution in [2.75, 3.05) is 18.1 Å². The first-order chi connectivity index (χ1) is 13.4. The Hall–Kier alpha value is -2.85. The third-order valence-electron chi connectivity index (χ3n) is 3.98. The molecule has 7 nitrogen and oxygen atoms in total. The highest BCUT2D eigenvalue weighted by Gasteiger charge is 2.31. The summed E-state index contributed by atoms with van der Waals surface area (Å²) >= 11 is 0.865. The molecule has 0 radical (unpaired) electrons. The fourth-order valence-electron chi connectivity index (χ4n) is 2.83. The van der Waals surface area contributed by atoms with Crippen LogP contribution < -0.4 is 14.2 Å². The van der Waals surface area contributed by atoms with Gasteiger partial charge in [0.15, 0.2) is 11.5 Å². The molecule has 4 rings (SSSR count). The lowest BCUT2D eigenvalue weighted by Crippen LogP contribution is -2.17. The van der Waals surface area contributed by atoms with Gasteiger partial charge in [0.1, 0.15) is 15.6 Å². The molecule has 10 heteroatoms. The number of hydrogen-bond acceptors (Lipinski definition) is 7. The zero-order chi connectivity index (χ0) is 19.9. The number of halogens is 1. The molecule has 0 aliphatic carbocycles. The summed E-state index contributed by atoms with van der Waals surface area (Å²) in [6.45, 7) is 1.70. The van der Waals surface area contributed by atoms with Crippen LogP contribution in [0.2, 0.25) is 0 Å². The van der Waals surface area contributed by atoms with Crippen LogP contribution in [0.5, 0.6) is 11.5 Å². The monoisotopic (exact) mass is 423 g/mol. The fourth-order valence-corrected chi connectivity index (χ4v) is 5.70. The maximum absolute atomic E-state index is 14.5. The molecule has 0 amide bonds. The molecule has 146 valence electrons. The van der Waals surface area contributed by atoms with Crippen molar-refractivity contribution in [1.29, 1.82) is 0 Å². The van der Waals surface area contributed by atoms with Crippen molar-refractivity contribution in [3.05, 3.63) is 47.1 Å². The van der Waals surface area contributed by atoms with Crippen molar-refractivity contribution in [3.8, 4) is 11.5 Å². The molecule has 1 aliphatic rings. The van der Waals surface area contributed by atoms with Gasteiger partial charge in [-0.25, -0.2) is 17.6 Å². The van der Waals surface area contributed by atoms with Crippen LogP contribution in [0, 0.1) is 5.82 Å². The van der Waals surface area contributed by atoms with Gasteiger partial charge in [0.25, 0.3) is 10.0 Å². The Morgan fingerprint density at radius 1 is 1.25 bits per heavy atom. The number of ether oxygens (including phenoxy) is 3. The van der Waals surface area contributed by atoms with Gasteiger partial charge in [0.2, 0.25) is 6.79 Å². The molecule has 0 unspecified atom stereocenters. The van der Waals surface area contributed by atoms with Crippen molar-refractivity contribution in [2.24, 2.45) is 0 Å². The molecule has 2 aromatic carbocycles. The van der Waals surface area contributed by atoms with Gasteiger partial charge in [-0.3, -0.25) is 4.72 Å². The molecule has 0 bridgehead atoms. The Balaban J connectivity index is 1.84. The van der Waals surface area contributed by atoms with Crippen LogP contribution in [0.15, 0.2) is 41.3 Å². The number of esters is 1. The molecule has 0 spiro atoms. The zero-order valence-electron chi connectivity index (χ0n) is 14.5. The van der Waals surface area contributed by atoms with Gasteiger partial charge >= 0.3 is 5.97 Å². The predicted octanol–water partition coefficient (Wildman–Crippen LogP) is 3.75. The lowest BCUT2D eigenvalue weighted by atomic mass is 10.2. The van der Waals surface area contributed by atoms with Gasteiger partial charge in [0.05, 0.1) is 12.3 Å². The normalized spacial score (nSPS) is 12.9. The summed E-state index contributed by atoms with van der Waals surface area (Å²) in [7, 11) is -4.31. The number of benzene rings is 2. The minimum atomic E-state index is -4.31. The van der Waals surface area contributed by atoms with Gasteiger partial charge in [-0.05, 0) is 31.2 Å². The van der Waals surface area contributed by atoms with Gasteiger partial charge in [-0.15, -0.1) is 11.3 Å². The Morgan fingerprint density at radius 3 is 2.82 bits per heavy atom. The molecule has 0 saturated carbocycles. The summed E-state index contributed by atoms with van der Waals surface area (Å²) in [5, 5.41) is -0.149. The van der Waals surface area contributed by atoms with Gasteiger partial charge < -0.3 is 14.2 Å². The number of carbonyl (C=O) groups excluding carboxylic acids is 1. The number of anilines is 1. The minimum Gasteiger partial charge on any atom is -0.462 e. The molecule has 2 heterocycles. The predicted molar refractivity (Wildman–Crippen MR) is 101 cm³/mol. The van der Waals surface area contributed by atoms with Crippen molar-refractivity contribution in [3.63, 3.8) is 0 Å². The number of carbonyl (C=O) groups is 1. The molecule has 0 saturated heterocycles. The molecule has 3 aromatic rings. The number of hydrogen-bond donors (Lipinski definition) is 1. The third-order valence-corrected chi connectivity index (χ3v) is 6.69. The average Bonchev–Trinajstić information content (AvgIpc) is 3.26. The lowest BCUT2D eigenvalue weighted by molar-refractivity contribution is 0.0528. The van der Waals surface area contributed by atoms with Crippen LogP contribution in [0.3, 0.4) is 0 Å². The van der Waals surface area contributed by atoms with Crippen LogP contribution in [0.1, 0.15) is 16.6 Å². The molecule has 0 fully saturated rings. The van der Waals surface area contributed by atoms with Crippen LogP contribution in [-0.4, -0.2) is 27.8 Å². The SMILES string of the molecule is CCOC(=O)c1sc2cccc(F)c2c1S(=O)(=O)Nc1ccc2c(c1)OCO2. The highest BCUT2D eigenvalue weighted by Crippen LogP contribution is 2.39. The van der Waals surface area contributed by atoms with Crippen LogP contribution in [0.25, 0.3) is 10.1 Å². The number of thiophene rings is 1. The molecular formula is C18H14FNO6S2. The molecule has 0 atom stereocenters. The van der Waals surface area contributed by atoms with E-state index in [2.05, 4.69) is 4.72 Å². The van der Waals surface area contributed by atoms with Crippen LogP contribution >= 0.6 is 11.3 Å². The van der Waals surface area contributed by atoms with E-state index in [1.54, 1.807) is 19.1 Å². The van der Waals surface area contributed by atoms with E-state index >= 15 is 0 Å². The summed E-state index contributed by atoms with van der Waals surface area (Å²) in [4.78, 5) is 11.7. The number of rotatable bonds is 5. The van der Waals surface area contributed by atoms with E-state index in [0.717, 1.165) is 17.4 Å². The second-order valence-electron chi connectivity index (χ2n) is 5.77. The Kier molecular flexibility index (Phi) is 4.60. The first kappa shape index (κ1) is 18.5. The third kappa shape index (κ3) is 3.14. The van der Waals surface area contributed by atoms with E-state index in [-0.39, 0.29) is 29.4 Å². The van der Waals surface area contributed by atoms with Crippen molar-refractivity contribution in [1.82, 2.24) is 0 Å². The van der Waals surface area contributed by atoms with E-state index in [1.807, 2.05) is 0 Å². The second kappa shape index (κ2) is 6.95. The molecule has 1 aromatic heterocycles. The minimum absolute atomic E-state index is 0.0406. The number of nitrogens with one attached hydrogen (secondary N) is 1. The fraction of sp³-hybridized carbons (Fsp3) is 0.167. The van der Waals surface area contributed by atoms with Gasteiger partial charge in [0, 0.05) is 16.2 Å². The lowest BCUT2D eigenvalue weighted by Gasteiger charge is -2.10. The Bertz CT molecular complexity index is 1190. The Morgan fingerprint density at radius 2 is 2.04 bits per heavy atom. The van der Waals surface area contributed by atoms with Crippen LogP contribution in [0.4, 0.5) is 10.1 Å². The molecular weight excluding hydrogens is 409 g/mol. The van der Waals surface area contributed by atoms with E-state index in [1.165, 1.54) is 18.2 Å². The Labute approximate surface area is 163 Å². The molecule has 28 heavy (non-hydrogen) atoms. The summed E-state index contributed by atoms with van der Waals surface area (Å²) < 4.78 is 58.8. The average molecular weight is 423 g/mol. The first-order valence-corrected chi connectivity index (χ1v) is 10.5. The topological polar surface area (TPSA) is 90.9 Å². The van der Waals surface area contributed by atoms with E-state index < -0.39 is 26.7 Å². The van der Waals surface area contributed by atoms with Crippen molar-refractivity contribution >= 4 is 43.1 Å². The first-order valence-electron chi connectivity index (χ1n) is 8.21. The largest absolute Gasteiger partial charge is 0.462 e. The van der Waals surface area contributed by atoms with Gasteiger partial charge in [-0.2, -0.15) is 0 Å². The zero-order valence-corrected chi connectivity index (χ0v) is 16.2. The summed E-state index contributed by atoms with van der Waals surface area (Å²) in [5.41, 5.74) is 0.190. The second-order valence-corrected chi connectivity index (χ2v) is 8.44. The highest BCUT2D eigenvalue weighted by molar-refractivity contribution is 7.93. The van der Waals surface area contributed by atoms with E-state index in [4.69, 9.17) is 14.2 Å². The quantitative estimate of drug-likeness (QED) is 0.629.